The second-order valence-corrected chi connectivity index (χ2v) is 8.00. The van der Waals surface area contributed by atoms with Crippen LogP contribution in [0.2, 0.25) is 0 Å². The molecule has 3 rings (SSSR count). The van der Waals surface area contributed by atoms with Crippen molar-refractivity contribution in [1.29, 1.82) is 0 Å². The Hall–Kier alpha value is -2.86. The average molecular weight is 450 g/mol. The van der Waals surface area contributed by atoms with Gasteiger partial charge in [0, 0.05) is 0 Å². The van der Waals surface area contributed by atoms with E-state index >= 15 is 0 Å². The first-order chi connectivity index (χ1) is 16.2. The molecule has 5 nitrogen and oxygen atoms in total. The van der Waals surface area contributed by atoms with E-state index in [9.17, 15) is 5.11 Å². The molecule has 0 amide bonds. The van der Waals surface area contributed by atoms with Crippen LogP contribution in [0.15, 0.2) is 78.9 Å². The molecule has 2 N–H and O–H groups in total. The largest absolute Gasteiger partial charge is 0.497 e. The van der Waals surface area contributed by atoms with Crippen molar-refractivity contribution < 1.29 is 19.3 Å². The van der Waals surface area contributed by atoms with E-state index in [0.29, 0.717) is 6.61 Å². The van der Waals surface area contributed by atoms with E-state index in [0.717, 1.165) is 47.6 Å². The van der Waals surface area contributed by atoms with Gasteiger partial charge in [-0.2, -0.15) is 0 Å². The summed E-state index contributed by atoms with van der Waals surface area (Å²) in [5, 5.41) is 13.4. The Morgan fingerprint density at radius 1 is 0.788 bits per heavy atom. The molecule has 1 atom stereocenters. The first kappa shape index (κ1) is 24.8. The van der Waals surface area contributed by atoms with Crippen LogP contribution in [0.1, 0.15) is 36.5 Å². The molecule has 3 aromatic carbocycles. The summed E-state index contributed by atoms with van der Waals surface area (Å²) in [7, 11) is 3.32. The average Bonchev–Trinajstić information content (AvgIpc) is 2.89. The van der Waals surface area contributed by atoms with Crippen LogP contribution in [-0.2, 0) is 10.3 Å². The monoisotopic (exact) mass is 449 g/mol. The Labute approximate surface area is 197 Å². The highest BCUT2D eigenvalue weighted by molar-refractivity contribution is 5.49. The molecule has 33 heavy (non-hydrogen) atoms. The lowest BCUT2D eigenvalue weighted by Crippen LogP contribution is -2.42. The van der Waals surface area contributed by atoms with E-state index in [2.05, 4.69) is 24.4 Å². The van der Waals surface area contributed by atoms with Crippen LogP contribution in [0.5, 0.6) is 11.5 Å². The maximum absolute atomic E-state index is 9.99. The van der Waals surface area contributed by atoms with E-state index in [1.165, 1.54) is 0 Å². The predicted molar refractivity (Wildman–Crippen MR) is 132 cm³/mol. The van der Waals surface area contributed by atoms with Gasteiger partial charge in [0.2, 0.25) is 0 Å². The fourth-order valence-electron chi connectivity index (χ4n) is 3.96. The molecule has 0 spiro atoms. The smallest absolute Gasteiger partial charge is 0.143 e. The van der Waals surface area contributed by atoms with Crippen LogP contribution in [0.3, 0.4) is 0 Å². The van der Waals surface area contributed by atoms with Gasteiger partial charge in [0.05, 0.1) is 33.5 Å². The topological polar surface area (TPSA) is 60.0 Å². The van der Waals surface area contributed by atoms with Gasteiger partial charge >= 0.3 is 0 Å². The second-order valence-electron chi connectivity index (χ2n) is 8.00. The summed E-state index contributed by atoms with van der Waals surface area (Å²) in [6, 6.07) is 26.0. The van der Waals surface area contributed by atoms with E-state index < -0.39 is 5.60 Å². The Kier molecular flexibility index (Phi) is 9.31. The number of aliphatic hydroxyl groups is 1. The number of unbranched alkanes of at least 4 members (excludes halogenated alkanes) is 1. The second kappa shape index (κ2) is 12.4. The zero-order chi connectivity index (χ0) is 23.5. The summed E-state index contributed by atoms with van der Waals surface area (Å²) in [6.07, 6.45) is 2.15. The standard InChI is InChI=1S/C28H35NO4/c1-4-5-19-29-25(20-30)21-33-28(22-9-7-6-8-10-22,23-11-15-26(31-2)16-12-23)24-13-17-27(32-3)18-14-24/h6-18,25,29-30H,4-5,19-21H2,1-3H3. The van der Waals surface area contributed by atoms with E-state index in [1.807, 2.05) is 66.7 Å². The third kappa shape index (κ3) is 5.93. The Bertz CT molecular complexity index is 894. The first-order valence-corrected chi connectivity index (χ1v) is 11.5. The van der Waals surface area contributed by atoms with Gasteiger partial charge < -0.3 is 24.6 Å². The lowest BCUT2D eigenvalue weighted by atomic mass is 9.80. The van der Waals surface area contributed by atoms with Gasteiger partial charge in [0.25, 0.3) is 0 Å². The van der Waals surface area contributed by atoms with Gasteiger partial charge in [-0.05, 0) is 53.9 Å². The highest BCUT2D eigenvalue weighted by Crippen LogP contribution is 2.41. The molecule has 0 aliphatic rings. The Morgan fingerprint density at radius 2 is 1.30 bits per heavy atom. The van der Waals surface area contributed by atoms with E-state index in [-0.39, 0.29) is 12.6 Å². The van der Waals surface area contributed by atoms with Gasteiger partial charge in [-0.3, -0.25) is 0 Å². The Balaban J connectivity index is 2.09. The van der Waals surface area contributed by atoms with Crippen molar-refractivity contribution in [3.8, 4) is 11.5 Å². The minimum atomic E-state index is -0.875. The molecule has 0 aromatic heterocycles. The fourth-order valence-corrected chi connectivity index (χ4v) is 3.96. The van der Waals surface area contributed by atoms with Crippen LogP contribution < -0.4 is 14.8 Å². The molecule has 0 saturated carbocycles. The zero-order valence-corrected chi connectivity index (χ0v) is 19.8. The van der Waals surface area contributed by atoms with E-state index in [1.54, 1.807) is 14.2 Å². The Morgan fingerprint density at radius 3 is 1.76 bits per heavy atom. The molecule has 0 bridgehead atoms. The van der Waals surface area contributed by atoms with Crippen LogP contribution in [-0.4, -0.2) is 45.1 Å². The lowest BCUT2D eigenvalue weighted by Gasteiger charge is -2.37. The summed E-state index contributed by atoms with van der Waals surface area (Å²) in [5.41, 5.74) is 2.08. The maximum Gasteiger partial charge on any atom is 0.143 e. The molecule has 176 valence electrons. The highest BCUT2D eigenvalue weighted by atomic mass is 16.5. The molecule has 0 fully saturated rings. The highest BCUT2D eigenvalue weighted by Gasteiger charge is 2.38. The maximum atomic E-state index is 9.99. The third-order valence-electron chi connectivity index (χ3n) is 5.86. The summed E-state index contributed by atoms with van der Waals surface area (Å²) in [6.45, 7) is 3.33. The number of methoxy groups -OCH3 is 2. The molecule has 0 saturated heterocycles. The van der Waals surface area contributed by atoms with Crippen molar-refractivity contribution in [3.63, 3.8) is 0 Å². The van der Waals surface area contributed by atoms with E-state index in [4.69, 9.17) is 14.2 Å². The number of nitrogens with one attached hydrogen (secondary N) is 1. The van der Waals surface area contributed by atoms with Gasteiger partial charge in [0.1, 0.15) is 17.1 Å². The molecule has 5 heteroatoms. The quantitative estimate of drug-likeness (QED) is 0.291. The molecule has 0 aliphatic heterocycles. The number of benzene rings is 3. The van der Waals surface area contributed by atoms with Crippen LogP contribution in [0, 0.1) is 0 Å². The van der Waals surface area contributed by atoms with Crippen molar-refractivity contribution in [2.75, 3.05) is 34.0 Å². The summed E-state index contributed by atoms with van der Waals surface area (Å²) < 4.78 is 17.6. The van der Waals surface area contributed by atoms with Gasteiger partial charge in [0.15, 0.2) is 0 Å². The number of hydrogen-bond donors (Lipinski definition) is 2. The summed E-state index contributed by atoms with van der Waals surface area (Å²) in [5.74, 6) is 1.56. The summed E-state index contributed by atoms with van der Waals surface area (Å²) in [4.78, 5) is 0. The minimum absolute atomic E-state index is 0.000189. The molecular formula is C28H35NO4. The summed E-state index contributed by atoms with van der Waals surface area (Å²) >= 11 is 0. The van der Waals surface area contributed by atoms with Gasteiger partial charge in [-0.1, -0.05) is 67.9 Å². The normalized spacial score (nSPS) is 12.4. The fraction of sp³-hybridized carbons (Fsp3) is 0.357. The molecule has 0 aliphatic carbocycles. The van der Waals surface area contributed by atoms with Crippen LogP contribution in [0.25, 0.3) is 0 Å². The zero-order valence-electron chi connectivity index (χ0n) is 19.8. The van der Waals surface area contributed by atoms with Crippen molar-refractivity contribution in [2.24, 2.45) is 0 Å². The number of ether oxygens (including phenoxy) is 3. The number of aliphatic hydroxyl groups excluding tert-OH is 1. The number of rotatable bonds is 13. The molecular weight excluding hydrogens is 414 g/mol. The SMILES string of the molecule is CCCCNC(CO)COC(c1ccccc1)(c1ccc(OC)cc1)c1ccc(OC)cc1. The van der Waals surface area contributed by atoms with Gasteiger partial charge in [-0.25, -0.2) is 0 Å². The molecule has 0 radical (unpaired) electrons. The van der Waals surface area contributed by atoms with Crippen LogP contribution >= 0.6 is 0 Å². The van der Waals surface area contributed by atoms with Crippen molar-refractivity contribution in [1.82, 2.24) is 5.32 Å². The number of hydrogen-bond acceptors (Lipinski definition) is 5. The molecule has 1 unspecified atom stereocenters. The van der Waals surface area contributed by atoms with Crippen molar-refractivity contribution in [2.45, 2.75) is 31.4 Å². The molecule has 0 heterocycles. The lowest BCUT2D eigenvalue weighted by molar-refractivity contribution is -0.00802. The molecule has 3 aromatic rings. The van der Waals surface area contributed by atoms with Gasteiger partial charge in [-0.15, -0.1) is 0 Å². The van der Waals surface area contributed by atoms with Crippen molar-refractivity contribution in [3.05, 3.63) is 95.6 Å². The first-order valence-electron chi connectivity index (χ1n) is 11.5. The minimum Gasteiger partial charge on any atom is -0.497 e. The van der Waals surface area contributed by atoms with Crippen molar-refractivity contribution >= 4 is 0 Å². The van der Waals surface area contributed by atoms with Crippen LogP contribution in [0.4, 0.5) is 0 Å². The third-order valence-corrected chi connectivity index (χ3v) is 5.86. The predicted octanol–water partition coefficient (Wildman–Crippen LogP) is 4.76.